The van der Waals surface area contributed by atoms with Gasteiger partial charge in [0.15, 0.2) is 0 Å². The Labute approximate surface area is 186 Å². The van der Waals surface area contributed by atoms with E-state index in [1.54, 1.807) is 30.3 Å². The van der Waals surface area contributed by atoms with E-state index in [9.17, 15) is 19.2 Å². The summed E-state index contributed by atoms with van der Waals surface area (Å²) in [5.74, 6) is -1.74. The van der Waals surface area contributed by atoms with Crippen molar-refractivity contribution >= 4 is 23.6 Å². The first-order valence-electron chi connectivity index (χ1n) is 10.4. The summed E-state index contributed by atoms with van der Waals surface area (Å²) >= 11 is 0. The molecule has 0 aliphatic rings. The lowest BCUT2D eigenvalue weighted by Crippen LogP contribution is -2.48. The van der Waals surface area contributed by atoms with Crippen LogP contribution in [0.15, 0.2) is 60.7 Å². The number of aryl methyl sites for hydroxylation is 1. The van der Waals surface area contributed by atoms with Crippen LogP contribution in [0.25, 0.3) is 0 Å². The Morgan fingerprint density at radius 3 is 2.09 bits per heavy atom. The van der Waals surface area contributed by atoms with Crippen LogP contribution < -0.4 is 21.4 Å². The Morgan fingerprint density at radius 2 is 1.44 bits per heavy atom. The van der Waals surface area contributed by atoms with Crippen molar-refractivity contribution in [2.45, 2.75) is 31.7 Å². The van der Waals surface area contributed by atoms with E-state index in [1.165, 1.54) is 5.48 Å². The van der Waals surface area contributed by atoms with Gasteiger partial charge >= 0.3 is 0 Å². The number of rotatable bonds is 12. The molecule has 0 saturated carbocycles. The number of hydroxylamine groups is 1. The molecule has 9 nitrogen and oxygen atoms in total. The second kappa shape index (κ2) is 13.6. The number of carbonyl (C=O) groups is 4. The van der Waals surface area contributed by atoms with E-state index in [-0.39, 0.29) is 37.7 Å². The summed E-state index contributed by atoms with van der Waals surface area (Å²) in [4.78, 5) is 47.9. The van der Waals surface area contributed by atoms with E-state index in [1.807, 2.05) is 30.3 Å². The summed E-state index contributed by atoms with van der Waals surface area (Å²) < 4.78 is 0. The topological polar surface area (TPSA) is 137 Å². The number of nitrogens with one attached hydrogen (secondary N) is 4. The van der Waals surface area contributed by atoms with Crippen LogP contribution in [-0.4, -0.2) is 48.0 Å². The van der Waals surface area contributed by atoms with E-state index in [0.29, 0.717) is 18.4 Å². The lowest BCUT2D eigenvalue weighted by atomic mass is 10.1. The molecule has 2 rings (SSSR count). The van der Waals surface area contributed by atoms with Gasteiger partial charge in [-0.05, 0) is 30.5 Å². The third-order valence-corrected chi connectivity index (χ3v) is 4.67. The molecule has 0 unspecified atom stereocenters. The zero-order chi connectivity index (χ0) is 23.2. The molecular formula is C23H28N4O5. The molecule has 0 aliphatic heterocycles. The van der Waals surface area contributed by atoms with Crippen molar-refractivity contribution in [2.75, 3.05) is 13.1 Å². The molecule has 0 aromatic heterocycles. The van der Waals surface area contributed by atoms with E-state index < -0.39 is 17.9 Å². The van der Waals surface area contributed by atoms with Crippen molar-refractivity contribution in [1.82, 2.24) is 21.4 Å². The maximum atomic E-state index is 12.1. The molecule has 2 aromatic rings. The maximum Gasteiger partial charge on any atom is 0.265 e. The van der Waals surface area contributed by atoms with Crippen LogP contribution in [-0.2, 0) is 20.8 Å². The Bertz CT molecular complexity index is 890. The maximum absolute atomic E-state index is 12.1. The average molecular weight is 441 g/mol. The SMILES string of the molecule is O=C(CCc1ccccc1)NCC[C@H](NC(=O)CCNC(=O)c1ccccc1)C(=O)NO. The third kappa shape index (κ3) is 8.97. The molecule has 0 fully saturated rings. The quantitative estimate of drug-likeness (QED) is 0.247. The van der Waals surface area contributed by atoms with Crippen LogP contribution in [0.2, 0.25) is 0 Å². The smallest absolute Gasteiger partial charge is 0.265 e. The second-order valence-electron chi connectivity index (χ2n) is 7.09. The monoisotopic (exact) mass is 440 g/mol. The molecule has 0 heterocycles. The fraction of sp³-hybridized carbons (Fsp3) is 0.304. The van der Waals surface area contributed by atoms with Gasteiger partial charge in [-0.2, -0.15) is 0 Å². The molecule has 0 bridgehead atoms. The van der Waals surface area contributed by atoms with E-state index >= 15 is 0 Å². The number of benzene rings is 2. The van der Waals surface area contributed by atoms with Crippen LogP contribution >= 0.6 is 0 Å². The van der Waals surface area contributed by atoms with Gasteiger partial charge in [0.2, 0.25) is 11.8 Å². The predicted molar refractivity (Wildman–Crippen MR) is 118 cm³/mol. The summed E-state index contributed by atoms with van der Waals surface area (Å²) in [7, 11) is 0. The zero-order valence-corrected chi connectivity index (χ0v) is 17.7. The molecule has 0 radical (unpaired) electrons. The van der Waals surface area contributed by atoms with E-state index in [4.69, 9.17) is 5.21 Å². The van der Waals surface area contributed by atoms with Crippen molar-refractivity contribution in [2.24, 2.45) is 0 Å². The van der Waals surface area contributed by atoms with Crippen LogP contribution in [0.3, 0.4) is 0 Å². The van der Waals surface area contributed by atoms with Gasteiger partial charge in [0.25, 0.3) is 11.8 Å². The number of carbonyl (C=O) groups excluding carboxylic acids is 4. The van der Waals surface area contributed by atoms with Crippen molar-refractivity contribution in [3.8, 4) is 0 Å². The number of hydrogen-bond donors (Lipinski definition) is 5. The highest BCUT2D eigenvalue weighted by Gasteiger charge is 2.20. The minimum Gasteiger partial charge on any atom is -0.356 e. The van der Waals surface area contributed by atoms with Gasteiger partial charge in [-0.3, -0.25) is 24.4 Å². The number of hydrogen-bond acceptors (Lipinski definition) is 5. The van der Waals surface area contributed by atoms with Crippen LogP contribution in [0.4, 0.5) is 0 Å². The fourth-order valence-electron chi connectivity index (χ4n) is 2.94. The molecule has 0 aliphatic carbocycles. The molecule has 2 aromatic carbocycles. The minimum atomic E-state index is -1.02. The van der Waals surface area contributed by atoms with Crippen molar-refractivity contribution in [3.63, 3.8) is 0 Å². The standard InChI is InChI=1S/C23H28N4O5/c28-20(12-11-17-7-3-1-4-8-17)24-15-13-19(23(31)27-32)26-21(29)14-16-25-22(30)18-9-5-2-6-10-18/h1-10,19,32H,11-16H2,(H,24,28)(H,25,30)(H,26,29)(H,27,31)/t19-/m0/s1. The van der Waals surface area contributed by atoms with Gasteiger partial charge < -0.3 is 16.0 Å². The second-order valence-corrected chi connectivity index (χ2v) is 7.09. The first-order chi connectivity index (χ1) is 15.5. The Morgan fingerprint density at radius 1 is 0.781 bits per heavy atom. The highest BCUT2D eigenvalue weighted by Crippen LogP contribution is 2.02. The average Bonchev–Trinajstić information content (AvgIpc) is 2.82. The first kappa shape index (κ1) is 24.5. The van der Waals surface area contributed by atoms with Gasteiger partial charge in [-0.15, -0.1) is 0 Å². The Kier molecular flexibility index (Phi) is 10.4. The highest BCUT2D eigenvalue weighted by molar-refractivity contribution is 5.94. The number of amides is 4. The lowest BCUT2D eigenvalue weighted by Gasteiger charge is -2.17. The highest BCUT2D eigenvalue weighted by atomic mass is 16.5. The Hall–Kier alpha value is -3.72. The molecule has 5 N–H and O–H groups in total. The zero-order valence-electron chi connectivity index (χ0n) is 17.7. The summed E-state index contributed by atoms with van der Waals surface area (Å²) in [5, 5.41) is 16.7. The molecule has 4 amide bonds. The summed E-state index contributed by atoms with van der Waals surface area (Å²) in [6.45, 7) is 0.236. The van der Waals surface area contributed by atoms with Crippen molar-refractivity contribution in [3.05, 3.63) is 71.8 Å². The summed E-state index contributed by atoms with van der Waals surface area (Å²) in [6, 6.07) is 17.1. The van der Waals surface area contributed by atoms with Gasteiger partial charge in [-0.1, -0.05) is 48.5 Å². The van der Waals surface area contributed by atoms with Crippen LogP contribution in [0.5, 0.6) is 0 Å². The molecule has 0 saturated heterocycles. The Balaban J connectivity index is 1.70. The molecular weight excluding hydrogens is 412 g/mol. The summed E-state index contributed by atoms with van der Waals surface area (Å²) in [5.41, 5.74) is 3.04. The third-order valence-electron chi connectivity index (χ3n) is 4.67. The van der Waals surface area contributed by atoms with Crippen LogP contribution in [0, 0.1) is 0 Å². The van der Waals surface area contributed by atoms with E-state index in [2.05, 4.69) is 16.0 Å². The van der Waals surface area contributed by atoms with Gasteiger partial charge in [0, 0.05) is 31.5 Å². The normalized spacial score (nSPS) is 11.2. The van der Waals surface area contributed by atoms with Gasteiger partial charge in [0.05, 0.1) is 0 Å². The van der Waals surface area contributed by atoms with Crippen molar-refractivity contribution in [1.29, 1.82) is 0 Å². The molecule has 32 heavy (non-hydrogen) atoms. The largest absolute Gasteiger partial charge is 0.356 e. The fourth-order valence-corrected chi connectivity index (χ4v) is 2.94. The van der Waals surface area contributed by atoms with Gasteiger partial charge in [-0.25, -0.2) is 5.48 Å². The molecule has 170 valence electrons. The van der Waals surface area contributed by atoms with Gasteiger partial charge in [0.1, 0.15) is 6.04 Å². The van der Waals surface area contributed by atoms with Crippen LogP contribution in [0.1, 0.15) is 35.2 Å². The molecule has 1 atom stereocenters. The molecule has 0 spiro atoms. The molecule has 9 heteroatoms. The predicted octanol–water partition coefficient (Wildman–Crippen LogP) is 0.936. The van der Waals surface area contributed by atoms with E-state index in [0.717, 1.165) is 5.56 Å². The lowest BCUT2D eigenvalue weighted by molar-refractivity contribution is -0.135. The summed E-state index contributed by atoms with van der Waals surface area (Å²) in [6.07, 6.45) is 0.954. The first-order valence-corrected chi connectivity index (χ1v) is 10.4. The van der Waals surface area contributed by atoms with Crippen molar-refractivity contribution < 1.29 is 24.4 Å². The minimum absolute atomic E-state index is 0.0444.